The minimum absolute atomic E-state index is 0. The average molecular weight is 448 g/mol. The fourth-order valence-electron chi connectivity index (χ4n) is 1.98. The second-order valence-corrected chi connectivity index (χ2v) is 5.90. The van der Waals surface area contributed by atoms with Crippen molar-refractivity contribution < 1.29 is 4.42 Å². The van der Waals surface area contributed by atoms with Crippen LogP contribution in [0.2, 0.25) is 0 Å². The van der Waals surface area contributed by atoms with Gasteiger partial charge in [-0.1, -0.05) is 25.8 Å². The molecule has 2 heterocycles. The zero-order valence-corrected chi connectivity index (χ0v) is 16.8. The predicted molar refractivity (Wildman–Crippen MR) is 108 cm³/mol. The highest BCUT2D eigenvalue weighted by Gasteiger charge is 2.07. The molecule has 0 spiro atoms. The van der Waals surface area contributed by atoms with Gasteiger partial charge in [-0.25, -0.2) is 9.98 Å². The van der Waals surface area contributed by atoms with Crippen LogP contribution in [0.15, 0.2) is 33.2 Å². The quantitative estimate of drug-likeness (QED) is 0.274. The highest BCUT2D eigenvalue weighted by Crippen LogP contribution is 2.23. The minimum Gasteiger partial charge on any atom is -0.443 e. The van der Waals surface area contributed by atoms with E-state index in [1.165, 1.54) is 12.8 Å². The summed E-state index contributed by atoms with van der Waals surface area (Å²) in [6.45, 7) is 6.57. The van der Waals surface area contributed by atoms with Gasteiger partial charge in [0.05, 0.1) is 11.4 Å². The van der Waals surface area contributed by atoms with Crippen LogP contribution in [0.3, 0.4) is 0 Å². The van der Waals surface area contributed by atoms with E-state index >= 15 is 0 Å². The van der Waals surface area contributed by atoms with Crippen molar-refractivity contribution >= 4 is 41.3 Å². The molecule has 0 aliphatic carbocycles. The van der Waals surface area contributed by atoms with E-state index in [0.717, 1.165) is 36.0 Å². The maximum absolute atomic E-state index is 5.50. The van der Waals surface area contributed by atoms with E-state index in [9.17, 15) is 0 Å². The van der Waals surface area contributed by atoms with Crippen LogP contribution < -0.4 is 10.6 Å². The Bertz CT molecular complexity index is 568. The van der Waals surface area contributed by atoms with E-state index in [1.54, 1.807) is 17.6 Å². The molecule has 0 unspecified atom stereocenters. The van der Waals surface area contributed by atoms with Crippen LogP contribution in [0, 0.1) is 0 Å². The second-order valence-electron chi connectivity index (χ2n) is 4.95. The Morgan fingerprint density at radius 3 is 2.87 bits per heavy atom. The zero-order chi connectivity index (χ0) is 15.6. The van der Waals surface area contributed by atoms with Gasteiger partial charge in [0.1, 0.15) is 12.0 Å². The molecule has 0 aliphatic heterocycles. The van der Waals surface area contributed by atoms with Crippen molar-refractivity contribution in [3.63, 3.8) is 0 Å². The predicted octanol–water partition coefficient (Wildman–Crippen LogP) is 4.27. The van der Waals surface area contributed by atoms with E-state index in [1.807, 2.05) is 17.5 Å². The molecule has 0 fully saturated rings. The van der Waals surface area contributed by atoms with Gasteiger partial charge in [-0.05, 0) is 24.8 Å². The van der Waals surface area contributed by atoms with Crippen molar-refractivity contribution in [2.24, 2.45) is 4.99 Å². The van der Waals surface area contributed by atoms with Crippen molar-refractivity contribution in [1.82, 2.24) is 15.6 Å². The third-order valence-corrected chi connectivity index (χ3v) is 3.96. The molecule has 0 saturated carbocycles. The number of thiophene rings is 1. The Morgan fingerprint density at radius 2 is 2.17 bits per heavy atom. The number of nitrogens with one attached hydrogen (secondary N) is 2. The molecule has 0 aromatic carbocycles. The number of halogens is 1. The molecule has 23 heavy (non-hydrogen) atoms. The largest absolute Gasteiger partial charge is 0.443 e. The first kappa shape index (κ1) is 20.0. The van der Waals surface area contributed by atoms with Gasteiger partial charge in [-0.3, -0.25) is 0 Å². The molecular weight excluding hydrogens is 423 g/mol. The number of guanidine groups is 1. The standard InChI is InChI=1S/C16H24N4OS.HI/c1-3-5-6-9-18-16(17-4-2)19-11-13-12-21-15(20-13)14-8-7-10-22-14;/h7-8,10,12H,3-6,9,11H2,1-2H3,(H2,17,18,19);1H. The van der Waals surface area contributed by atoms with Crippen LogP contribution in [-0.2, 0) is 6.54 Å². The van der Waals surface area contributed by atoms with Gasteiger partial charge in [0.2, 0.25) is 5.89 Å². The molecular formula is C16H25IN4OS. The highest BCUT2D eigenvalue weighted by atomic mass is 127. The third-order valence-electron chi connectivity index (χ3n) is 3.10. The van der Waals surface area contributed by atoms with Gasteiger partial charge in [-0.15, -0.1) is 35.3 Å². The van der Waals surface area contributed by atoms with E-state index < -0.39 is 0 Å². The molecule has 2 aromatic rings. The van der Waals surface area contributed by atoms with E-state index in [-0.39, 0.29) is 24.0 Å². The summed E-state index contributed by atoms with van der Waals surface area (Å²) in [5, 5.41) is 8.60. The zero-order valence-electron chi connectivity index (χ0n) is 13.7. The van der Waals surface area contributed by atoms with Crippen LogP contribution in [0.5, 0.6) is 0 Å². The SMILES string of the molecule is CCCCCNC(=NCc1coc(-c2cccs2)n1)NCC.I. The van der Waals surface area contributed by atoms with E-state index in [0.29, 0.717) is 12.4 Å². The van der Waals surface area contributed by atoms with Crippen molar-refractivity contribution in [2.45, 2.75) is 39.7 Å². The summed E-state index contributed by atoms with van der Waals surface area (Å²) in [4.78, 5) is 10.1. The summed E-state index contributed by atoms with van der Waals surface area (Å²) in [7, 11) is 0. The number of unbranched alkanes of at least 4 members (excludes halogenated alkanes) is 2. The number of hydrogen-bond donors (Lipinski definition) is 2. The van der Waals surface area contributed by atoms with Crippen molar-refractivity contribution in [2.75, 3.05) is 13.1 Å². The maximum Gasteiger partial charge on any atom is 0.236 e. The summed E-state index contributed by atoms with van der Waals surface area (Å²) in [5.41, 5.74) is 0.842. The second kappa shape index (κ2) is 11.4. The summed E-state index contributed by atoms with van der Waals surface area (Å²) in [5.74, 6) is 1.50. The van der Waals surface area contributed by atoms with Gasteiger partial charge in [0.25, 0.3) is 0 Å². The number of hydrogen-bond acceptors (Lipinski definition) is 4. The third kappa shape index (κ3) is 6.90. The molecule has 128 valence electrons. The number of aromatic nitrogens is 1. The number of aliphatic imine (C=N–C) groups is 1. The Labute approximate surface area is 159 Å². The van der Waals surface area contributed by atoms with Crippen LogP contribution in [0.25, 0.3) is 10.8 Å². The molecule has 0 aliphatic rings. The van der Waals surface area contributed by atoms with Crippen LogP contribution in [0.1, 0.15) is 38.8 Å². The maximum atomic E-state index is 5.50. The number of nitrogens with zero attached hydrogens (tertiary/aromatic N) is 2. The van der Waals surface area contributed by atoms with Crippen LogP contribution in [-0.4, -0.2) is 24.0 Å². The van der Waals surface area contributed by atoms with Gasteiger partial charge in [-0.2, -0.15) is 0 Å². The topological polar surface area (TPSA) is 62.5 Å². The molecule has 5 nitrogen and oxygen atoms in total. The molecule has 0 atom stereocenters. The smallest absolute Gasteiger partial charge is 0.236 e. The van der Waals surface area contributed by atoms with Crippen molar-refractivity contribution in [3.8, 4) is 10.8 Å². The Balaban J connectivity index is 0.00000264. The molecule has 7 heteroatoms. The lowest BCUT2D eigenvalue weighted by atomic mass is 10.2. The van der Waals surface area contributed by atoms with Crippen LogP contribution in [0.4, 0.5) is 0 Å². The molecule has 0 bridgehead atoms. The van der Waals surface area contributed by atoms with Gasteiger partial charge in [0, 0.05) is 13.1 Å². The van der Waals surface area contributed by atoms with E-state index in [2.05, 4.69) is 34.5 Å². The Morgan fingerprint density at radius 1 is 1.30 bits per heavy atom. The van der Waals surface area contributed by atoms with Gasteiger partial charge < -0.3 is 15.1 Å². The fraction of sp³-hybridized carbons (Fsp3) is 0.500. The summed E-state index contributed by atoms with van der Waals surface area (Å²) < 4.78 is 5.50. The summed E-state index contributed by atoms with van der Waals surface area (Å²) in [6, 6.07) is 3.99. The first-order valence-corrected chi connectivity index (χ1v) is 8.72. The molecule has 2 rings (SSSR count). The molecule has 0 saturated heterocycles. The number of oxazole rings is 1. The lowest BCUT2D eigenvalue weighted by Crippen LogP contribution is -2.37. The number of rotatable bonds is 8. The van der Waals surface area contributed by atoms with Crippen molar-refractivity contribution in [3.05, 3.63) is 29.5 Å². The molecule has 2 N–H and O–H groups in total. The van der Waals surface area contributed by atoms with Gasteiger partial charge >= 0.3 is 0 Å². The summed E-state index contributed by atoms with van der Waals surface area (Å²) >= 11 is 1.62. The fourth-order valence-corrected chi connectivity index (χ4v) is 2.63. The first-order valence-electron chi connectivity index (χ1n) is 7.84. The average Bonchev–Trinajstić information content (AvgIpc) is 3.19. The lowest BCUT2D eigenvalue weighted by Gasteiger charge is -2.10. The molecule has 0 radical (unpaired) electrons. The minimum atomic E-state index is 0. The van der Waals surface area contributed by atoms with E-state index in [4.69, 9.17) is 4.42 Å². The normalized spacial score (nSPS) is 11.1. The van der Waals surface area contributed by atoms with Crippen LogP contribution >= 0.6 is 35.3 Å². The molecule has 2 aromatic heterocycles. The highest BCUT2D eigenvalue weighted by molar-refractivity contribution is 14.0. The Hall–Kier alpha value is -1.09. The lowest BCUT2D eigenvalue weighted by molar-refractivity contribution is 0.574. The Kier molecular flexibility index (Phi) is 9.93. The van der Waals surface area contributed by atoms with Crippen molar-refractivity contribution in [1.29, 1.82) is 0 Å². The molecule has 0 amide bonds. The summed E-state index contributed by atoms with van der Waals surface area (Å²) in [6.07, 6.45) is 5.30. The van der Waals surface area contributed by atoms with Gasteiger partial charge in [0.15, 0.2) is 5.96 Å². The monoisotopic (exact) mass is 448 g/mol. The first-order chi connectivity index (χ1) is 10.8.